The highest BCUT2D eigenvalue weighted by atomic mass is 32.1. The molecule has 0 atom stereocenters. The molecule has 1 aromatic heterocycles. The lowest BCUT2D eigenvalue weighted by Gasteiger charge is -2.32. The number of thiazole rings is 1. The minimum absolute atomic E-state index is 0.677. The number of anilines is 1. The van der Waals surface area contributed by atoms with Crippen molar-refractivity contribution in [1.82, 2.24) is 9.88 Å². The van der Waals surface area contributed by atoms with Crippen molar-refractivity contribution >= 4 is 16.5 Å². The van der Waals surface area contributed by atoms with Crippen LogP contribution < -0.4 is 5.32 Å². The van der Waals surface area contributed by atoms with Gasteiger partial charge in [-0.15, -0.1) is 11.3 Å². The Morgan fingerprint density at radius 2 is 1.77 bits per heavy atom. The smallest absolute Gasteiger partial charge is 0.183 e. The van der Waals surface area contributed by atoms with E-state index in [1.165, 1.54) is 18.4 Å². The number of likely N-dealkylation sites (tertiary alicyclic amines) is 1. The topological polar surface area (TPSA) is 52.0 Å². The van der Waals surface area contributed by atoms with Gasteiger partial charge < -0.3 is 5.32 Å². The van der Waals surface area contributed by atoms with E-state index in [-0.39, 0.29) is 0 Å². The van der Waals surface area contributed by atoms with Crippen LogP contribution >= 0.6 is 11.3 Å². The SMILES string of the molecule is CC.N#Cc1ccc(-c2csc(NCC3CCN(Cc4ccccc4)CC3)n2)cc1. The van der Waals surface area contributed by atoms with E-state index in [1.807, 2.05) is 38.1 Å². The molecule has 1 N–H and O–H groups in total. The van der Waals surface area contributed by atoms with E-state index < -0.39 is 0 Å². The highest BCUT2D eigenvalue weighted by Crippen LogP contribution is 2.26. The van der Waals surface area contributed by atoms with E-state index >= 15 is 0 Å². The molecule has 1 aliphatic rings. The molecule has 2 heterocycles. The molecule has 0 aliphatic carbocycles. The second kappa shape index (κ2) is 11.5. The summed E-state index contributed by atoms with van der Waals surface area (Å²) in [5.74, 6) is 0.703. The largest absolute Gasteiger partial charge is 0.361 e. The van der Waals surface area contributed by atoms with Crippen molar-refractivity contribution in [2.24, 2.45) is 5.92 Å². The lowest BCUT2D eigenvalue weighted by Crippen LogP contribution is -2.35. The highest BCUT2D eigenvalue weighted by molar-refractivity contribution is 7.14. The third kappa shape index (κ3) is 6.16. The minimum Gasteiger partial charge on any atom is -0.361 e. The molecule has 2 aromatic carbocycles. The van der Waals surface area contributed by atoms with Gasteiger partial charge in [-0.3, -0.25) is 4.90 Å². The maximum atomic E-state index is 8.91. The maximum absolute atomic E-state index is 8.91. The number of hydrogen-bond donors (Lipinski definition) is 1. The Kier molecular flexibility index (Phi) is 8.43. The standard InChI is InChI=1S/C23H24N4S.C2H6/c24-14-18-6-8-21(9-7-18)22-17-28-23(26-22)25-15-19-10-12-27(13-11-19)16-20-4-2-1-3-5-20;1-2/h1-9,17,19H,10-13,15-16H2,(H,25,26);1-2H3. The van der Waals surface area contributed by atoms with E-state index in [9.17, 15) is 0 Å². The molecule has 0 spiro atoms. The molecule has 3 aromatic rings. The zero-order chi connectivity index (χ0) is 21.2. The van der Waals surface area contributed by atoms with E-state index in [2.05, 4.69) is 52.0 Å². The first kappa shape index (κ1) is 22.0. The lowest BCUT2D eigenvalue weighted by molar-refractivity contribution is 0.182. The zero-order valence-corrected chi connectivity index (χ0v) is 18.7. The summed E-state index contributed by atoms with van der Waals surface area (Å²) in [6.07, 6.45) is 2.46. The molecule has 4 rings (SSSR count). The van der Waals surface area contributed by atoms with Crippen LogP contribution in [0.2, 0.25) is 0 Å². The van der Waals surface area contributed by atoms with Crippen LogP contribution in [0.4, 0.5) is 5.13 Å². The minimum atomic E-state index is 0.677. The van der Waals surface area contributed by atoms with E-state index in [0.717, 1.165) is 42.6 Å². The average Bonchev–Trinajstić information content (AvgIpc) is 3.30. The fourth-order valence-electron chi connectivity index (χ4n) is 3.62. The molecular weight excluding hydrogens is 388 g/mol. The van der Waals surface area contributed by atoms with Gasteiger partial charge in [0.05, 0.1) is 17.3 Å². The molecule has 1 fully saturated rings. The van der Waals surface area contributed by atoms with Crippen LogP contribution in [0.15, 0.2) is 60.0 Å². The molecule has 1 saturated heterocycles. The number of aromatic nitrogens is 1. The summed E-state index contributed by atoms with van der Waals surface area (Å²) >= 11 is 1.65. The van der Waals surface area contributed by atoms with Crippen LogP contribution in [-0.4, -0.2) is 29.5 Å². The predicted molar refractivity (Wildman–Crippen MR) is 127 cm³/mol. The fourth-order valence-corrected chi connectivity index (χ4v) is 4.35. The van der Waals surface area contributed by atoms with Gasteiger partial charge >= 0.3 is 0 Å². The quantitative estimate of drug-likeness (QED) is 0.531. The molecule has 0 radical (unpaired) electrons. The molecule has 0 bridgehead atoms. The van der Waals surface area contributed by atoms with Crippen LogP contribution in [-0.2, 0) is 6.54 Å². The number of rotatable bonds is 6. The third-order valence-corrected chi connectivity index (χ3v) is 6.11. The molecule has 156 valence electrons. The van der Waals surface area contributed by atoms with Gasteiger partial charge in [-0.2, -0.15) is 5.26 Å². The van der Waals surface area contributed by atoms with Crippen molar-refractivity contribution in [3.8, 4) is 17.3 Å². The zero-order valence-electron chi connectivity index (χ0n) is 17.8. The summed E-state index contributed by atoms with van der Waals surface area (Å²) in [5, 5.41) is 15.5. The third-order valence-electron chi connectivity index (χ3n) is 5.31. The van der Waals surface area contributed by atoms with Crippen molar-refractivity contribution in [2.45, 2.75) is 33.2 Å². The maximum Gasteiger partial charge on any atom is 0.183 e. The molecule has 5 heteroatoms. The van der Waals surface area contributed by atoms with Crippen molar-refractivity contribution in [1.29, 1.82) is 5.26 Å². The Morgan fingerprint density at radius 1 is 1.07 bits per heavy atom. The summed E-state index contributed by atoms with van der Waals surface area (Å²) in [6.45, 7) is 8.37. The Hall–Kier alpha value is -2.68. The van der Waals surface area contributed by atoms with Crippen molar-refractivity contribution in [3.63, 3.8) is 0 Å². The summed E-state index contributed by atoms with van der Waals surface area (Å²) in [6, 6.07) is 20.5. The van der Waals surface area contributed by atoms with Crippen LogP contribution in [0.1, 0.15) is 37.8 Å². The Labute approximate surface area is 184 Å². The normalized spacial score (nSPS) is 14.4. The monoisotopic (exact) mass is 418 g/mol. The summed E-state index contributed by atoms with van der Waals surface area (Å²) in [5.41, 5.74) is 4.10. The number of nitriles is 1. The van der Waals surface area contributed by atoms with Gasteiger partial charge in [-0.1, -0.05) is 56.3 Å². The first-order chi connectivity index (χ1) is 14.8. The Bertz CT molecular complexity index is 920. The van der Waals surface area contributed by atoms with Crippen molar-refractivity contribution < 1.29 is 0 Å². The second-order valence-corrected chi connectivity index (χ2v) is 8.17. The fraction of sp³-hybridized carbons (Fsp3) is 0.360. The molecular formula is C25H30N4S. The summed E-state index contributed by atoms with van der Waals surface area (Å²) in [7, 11) is 0. The summed E-state index contributed by atoms with van der Waals surface area (Å²) < 4.78 is 0. The molecule has 0 unspecified atom stereocenters. The van der Waals surface area contributed by atoms with Crippen molar-refractivity contribution in [2.75, 3.05) is 25.0 Å². The molecule has 4 nitrogen and oxygen atoms in total. The highest BCUT2D eigenvalue weighted by Gasteiger charge is 2.19. The number of hydrogen-bond acceptors (Lipinski definition) is 5. The van der Waals surface area contributed by atoms with E-state index in [4.69, 9.17) is 10.2 Å². The van der Waals surface area contributed by atoms with Crippen LogP contribution in [0, 0.1) is 17.2 Å². The van der Waals surface area contributed by atoms with Gasteiger partial charge in [0.2, 0.25) is 0 Å². The van der Waals surface area contributed by atoms with Gasteiger partial charge in [0.1, 0.15) is 0 Å². The van der Waals surface area contributed by atoms with Crippen LogP contribution in [0.3, 0.4) is 0 Å². The van der Waals surface area contributed by atoms with Crippen LogP contribution in [0.5, 0.6) is 0 Å². The van der Waals surface area contributed by atoms with Crippen LogP contribution in [0.25, 0.3) is 11.3 Å². The van der Waals surface area contributed by atoms with Gasteiger partial charge in [-0.05, 0) is 49.5 Å². The number of benzene rings is 2. The average molecular weight is 419 g/mol. The van der Waals surface area contributed by atoms with Gasteiger partial charge in [0, 0.05) is 24.0 Å². The van der Waals surface area contributed by atoms with Gasteiger partial charge in [0.15, 0.2) is 5.13 Å². The first-order valence-corrected chi connectivity index (χ1v) is 11.6. The molecule has 0 amide bonds. The Morgan fingerprint density at radius 3 is 2.43 bits per heavy atom. The molecule has 0 saturated carbocycles. The Balaban J connectivity index is 0.00000124. The lowest BCUT2D eigenvalue weighted by atomic mass is 9.96. The predicted octanol–water partition coefficient (Wildman–Crippen LogP) is 6.03. The van der Waals surface area contributed by atoms with Gasteiger partial charge in [-0.25, -0.2) is 4.98 Å². The second-order valence-electron chi connectivity index (χ2n) is 7.31. The molecule has 30 heavy (non-hydrogen) atoms. The first-order valence-electron chi connectivity index (χ1n) is 10.8. The number of nitrogens with one attached hydrogen (secondary N) is 1. The van der Waals surface area contributed by atoms with Crippen molar-refractivity contribution in [3.05, 3.63) is 71.1 Å². The van der Waals surface area contributed by atoms with Gasteiger partial charge in [0.25, 0.3) is 0 Å². The summed E-state index contributed by atoms with van der Waals surface area (Å²) in [4.78, 5) is 7.26. The molecule has 1 aliphatic heterocycles. The number of piperidine rings is 1. The van der Waals surface area contributed by atoms with E-state index in [1.54, 1.807) is 11.3 Å². The van der Waals surface area contributed by atoms with E-state index in [0.29, 0.717) is 11.5 Å². The number of nitrogens with zero attached hydrogens (tertiary/aromatic N) is 3.